The lowest BCUT2D eigenvalue weighted by Crippen LogP contribution is -2.44. The third-order valence-electron chi connectivity index (χ3n) is 5.14. The smallest absolute Gasteiger partial charge is 0.311 e. The van der Waals surface area contributed by atoms with Gasteiger partial charge in [0, 0.05) is 29.5 Å². The summed E-state index contributed by atoms with van der Waals surface area (Å²) in [7, 11) is 0. The molecule has 1 aliphatic carbocycles. The number of carbonyl (C=O) groups is 2. The van der Waals surface area contributed by atoms with E-state index in [1.807, 2.05) is 29.9 Å². The molecule has 0 atom stereocenters. The van der Waals surface area contributed by atoms with Crippen molar-refractivity contribution in [3.05, 3.63) is 34.6 Å². The van der Waals surface area contributed by atoms with Gasteiger partial charge in [-0.2, -0.15) is 0 Å². The van der Waals surface area contributed by atoms with Gasteiger partial charge in [-0.25, -0.2) is 4.98 Å². The van der Waals surface area contributed by atoms with Gasteiger partial charge in [0.2, 0.25) is 0 Å². The van der Waals surface area contributed by atoms with Crippen molar-refractivity contribution in [2.24, 2.45) is 5.41 Å². The molecule has 1 fully saturated rings. The zero-order chi connectivity index (χ0) is 18.0. The standard InChI is InChI=1S/C18H23N3O3S/c1-12-10-14(13(2)21(12)17-19-8-9-25-17)15(22)20-11-18(16(23)24)6-4-3-5-7-18/h8-10H,3-7,11H2,1-2H3,(H,20,22)(H,23,24). The Balaban J connectivity index is 1.78. The fourth-order valence-electron chi connectivity index (χ4n) is 3.65. The maximum atomic E-state index is 12.7. The summed E-state index contributed by atoms with van der Waals surface area (Å²) in [5.41, 5.74) is 1.50. The van der Waals surface area contributed by atoms with Gasteiger partial charge in [-0.15, -0.1) is 11.3 Å². The second-order valence-corrected chi connectivity index (χ2v) is 7.64. The van der Waals surface area contributed by atoms with Gasteiger partial charge < -0.3 is 10.4 Å². The van der Waals surface area contributed by atoms with E-state index in [2.05, 4.69) is 10.3 Å². The first-order valence-corrected chi connectivity index (χ1v) is 9.43. The predicted molar refractivity (Wildman–Crippen MR) is 96.4 cm³/mol. The van der Waals surface area contributed by atoms with Gasteiger partial charge in [0.15, 0.2) is 5.13 Å². The molecule has 134 valence electrons. The van der Waals surface area contributed by atoms with Crippen LogP contribution in [0.5, 0.6) is 0 Å². The van der Waals surface area contributed by atoms with Gasteiger partial charge in [0.25, 0.3) is 5.91 Å². The molecule has 0 saturated heterocycles. The number of nitrogens with one attached hydrogen (secondary N) is 1. The number of hydrogen-bond acceptors (Lipinski definition) is 4. The van der Waals surface area contributed by atoms with Crippen LogP contribution in [0.15, 0.2) is 17.6 Å². The molecular formula is C18H23N3O3S. The summed E-state index contributed by atoms with van der Waals surface area (Å²) in [6.07, 6.45) is 5.86. The van der Waals surface area contributed by atoms with Crippen molar-refractivity contribution in [3.63, 3.8) is 0 Å². The van der Waals surface area contributed by atoms with Crippen molar-refractivity contribution >= 4 is 23.2 Å². The van der Waals surface area contributed by atoms with E-state index in [1.165, 1.54) is 11.3 Å². The highest BCUT2D eigenvalue weighted by atomic mass is 32.1. The lowest BCUT2D eigenvalue weighted by Gasteiger charge is -2.33. The number of thiazole rings is 1. The van der Waals surface area contributed by atoms with Crippen molar-refractivity contribution in [1.82, 2.24) is 14.9 Å². The van der Waals surface area contributed by atoms with E-state index in [4.69, 9.17) is 0 Å². The van der Waals surface area contributed by atoms with Crippen LogP contribution in [0, 0.1) is 19.3 Å². The van der Waals surface area contributed by atoms with Gasteiger partial charge in [-0.3, -0.25) is 14.2 Å². The molecule has 0 radical (unpaired) electrons. The molecule has 1 amide bonds. The fourth-order valence-corrected chi connectivity index (χ4v) is 4.40. The number of hydrogen-bond donors (Lipinski definition) is 2. The SMILES string of the molecule is Cc1cc(C(=O)NCC2(C(=O)O)CCCCC2)c(C)n1-c1nccs1. The van der Waals surface area contributed by atoms with E-state index in [0.29, 0.717) is 18.4 Å². The van der Waals surface area contributed by atoms with Crippen LogP contribution in [0.3, 0.4) is 0 Å². The Morgan fingerprint density at radius 3 is 2.64 bits per heavy atom. The first-order valence-electron chi connectivity index (χ1n) is 8.55. The molecule has 0 bridgehead atoms. The molecule has 0 spiro atoms. The molecule has 25 heavy (non-hydrogen) atoms. The molecular weight excluding hydrogens is 338 g/mol. The van der Waals surface area contributed by atoms with Gasteiger partial charge in [-0.1, -0.05) is 19.3 Å². The fraction of sp³-hybridized carbons (Fsp3) is 0.500. The van der Waals surface area contributed by atoms with Crippen LogP contribution in [0.1, 0.15) is 53.8 Å². The van der Waals surface area contributed by atoms with Crippen molar-refractivity contribution in [1.29, 1.82) is 0 Å². The molecule has 1 aliphatic rings. The van der Waals surface area contributed by atoms with E-state index in [9.17, 15) is 14.7 Å². The lowest BCUT2D eigenvalue weighted by atomic mass is 9.74. The summed E-state index contributed by atoms with van der Waals surface area (Å²) in [5, 5.41) is 15.2. The number of carboxylic acid groups (broad SMARTS) is 1. The Hall–Kier alpha value is -2.15. The minimum absolute atomic E-state index is 0.183. The molecule has 1 saturated carbocycles. The summed E-state index contributed by atoms with van der Waals surface area (Å²) < 4.78 is 1.95. The van der Waals surface area contributed by atoms with E-state index < -0.39 is 11.4 Å². The molecule has 3 rings (SSSR count). The summed E-state index contributed by atoms with van der Waals surface area (Å²) >= 11 is 1.51. The van der Waals surface area contributed by atoms with E-state index >= 15 is 0 Å². The molecule has 0 aliphatic heterocycles. The highest BCUT2D eigenvalue weighted by Gasteiger charge is 2.40. The first kappa shape index (κ1) is 17.7. The summed E-state index contributed by atoms with van der Waals surface area (Å²) in [5.74, 6) is -1.03. The Bertz CT molecular complexity index is 774. The molecule has 7 heteroatoms. The van der Waals surface area contributed by atoms with Gasteiger partial charge in [0.1, 0.15) is 0 Å². The van der Waals surface area contributed by atoms with Crippen molar-refractivity contribution in [2.45, 2.75) is 46.0 Å². The molecule has 2 heterocycles. The Labute approximate surface area is 150 Å². The zero-order valence-electron chi connectivity index (χ0n) is 14.5. The summed E-state index contributed by atoms with van der Waals surface area (Å²) in [4.78, 5) is 28.7. The maximum absolute atomic E-state index is 12.7. The van der Waals surface area contributed by atoms with E-state index in [-0.39, 0.29) is 12.5 Å². The number of aryl methyl sites for hydroxylation is 1. The van der Waals surface area contributed by atoms with E-state index in [0.717, 1.165) is 35.8 Å². The quantitative estimate of drug-likeness (QED) is 0.856. The van der Waals surface area contributed by atoms with Gasteiger partial charge in [-0.05, 0) is 32.8 Å². The van der Waals surface area contributed by atoms with Crippen molar-refractivity contribution in [2.75, 3.05) is 6.54 Å². The van der Waals surface area contributed by atoms with Crippen LogP contribution < -0.4 is 5.32 Å². The third-order valence-corrected chi connectivity index (χ3v) is 5.89. The highest BCUT2D eigenvalue weighted by Crippen LogP contribution is 2.36. The molecule has 2 N–H and O–H groups in total. The number of aromatic nitrogens is 2. The minimum Gasteiger partial charge on any atom is -0.481 e. The summed E-state index contributed by atoms with van der Waals surface area (Å²) in [6.45, 7) is 4.00. The Morgan fingerprint density at radius 1 is 1.32 bits per heavy atom. The second-order valence-electron chi connectivity index (χ2n) is 6.76. The average Bonchev–Trinajstić information content (AvgIpc) is 3.21. The number of carbonyl (C=O) groups excluding carboxylic acids is 1. The lowest BCUT2D eigenvalue weighted by molar-refractivity contribution is -0.150. The molecule has 2 aromatic rings. The molecule has 6 nitrogen and oxygen atoms in total. The third kappa shape index (κ3) is 3.33. The highest BCUT2D eigenvalue weighted by molar-refractivity contribution is 7.12. The largest absolute Gasteiger partial charge is 0.481 e. The first-order chi connectivity index (χ1) is 11.9. The Kier molecular flexibility index (Phi) is 4.94. The van der Waals surface area contributed by atoms with Gasteiger partial charge >= 0.3 is 5.97 Å². The van der Waals surface area contributed by atoms with Crippen LogP contribution in [-0.4, -0.2) is 33.1 Å². The van der Waals surface area contributed by atoms with Crippen LogP contribution >= 0.6 is 11.3 Å². The van der Waals surface area contributed by atoms with Crippen LogP contribution in [0.4, 0.5) is 0 Å². The topological polar surface area (TPSA) is 84.2 Å². The number of carboxylic acids is 1. The zero-order valence-corrected chi connectivity index (χ0v) is 15.4. The van der Waals surface area contributed by atoms with Crippen LogP contribution in [0.25, 0.3) is 5.13 Å². The monoisotopic (exact) mass is 361 g/mol. The minimum atomic E-state index is -0.825. The molecule has 0 unspecified atom stereocenters. The van der Waals surface area contributed by atoms with Gasteiger partial charge in [0.05, 0.1) is 11.0 Å². The second kappa shape index (κ2) is 7.00. The number of rotatable bonds is 5. The average molecular weight is 361 g/mol. The maximum Gasteiger partial charge on any atom is 0.311 e. The van der Waals surface area contributed by atoms with Crippen molar-refractivity contribution < 1.29 is 14.7 Å². The summed E-state index contributed by atoms with van der Waals surface area (Å²) in [6, 6.07) is 1.83. The van der Waals surface area contributed by atoms with Crippen LogP contribution in [-0.2, 0) is 4.79 Å². The van der Waals surface area contributed by atoms with Crippen molar-refractivity contribution in [3.8, 4) is 5.13 Å². The predicted octanol–water partition coefficient (Wildman–Crippen LogP) is 3.32. The number of amides is 1. The normalized spacial score (nSPS) is 16.6. The number of nitrogens with zero attached hydrogens (tertiary/aromatic N) is 2. The number of aliphatic carboxylic acids is 1. The van der Waals surface area contributed by atoms with E-state index in [1.54, 1.807) is 6.20 Å². The van der Waals surface area contributed by atoms with Crippen LogP contribution in [0.2, 0.25) is 0 Å². The Morgan fingerprint density at radius 2 is 2.04 bits per heavy atom. The molecule has 2 aromatic heterocycles. The molecule has 0 aromatic carbocycles.